The van der Waals surface area contributed by atoms with Gasteiger partial charge < -0.3 is 5.32 Å². The number of benzene rings is 1. The molecule has 4 heteroatoms. The maximum absolute atomic E-state index is 4.59. The number of hydrogen-bond donors (Lipinski definition) is 1. The molecule has 3 rings (SSSR count). The van der Waals surface area contributed by atoms with E-state index < -0.39 is 0 Å². The number of nitrogens with zero attached hydrogens (tertiary/aromatic N) is 2. The maximum Gasteiger partial charge on any atom is 0.142 e. The quantitative estimate of drug-likeness (QED) is 0.781. The van der Waals surface area contributed by atoms with Crippen molar-refractivity contribution in [2.24, 2.45) is 0 Å². The first-order valence-corrected chi connectivity index (χ1v) is 6.69. The van der Waals surface area contributed by atoms with Crippen molar-refractivity contribution >= 4 is 21.4 Å². The van der Waals surface area contributed by atoms with Crippen molar-refractivity contribution in [3.8, 4) is 11.3 Å². The molecule has 0 unspecified atom stereocenters. The zero-order valence-corrected chi connectivity index (χ0v) is 10.9. The molecule has 0 aliphatic carbocycles. The highest BCUT2D eigenvalue weighted by Crippen LogP contribution is 2.32. The second-order valence-electron chi connectivity index (χ2n) is 4.03. The minimum Gasteiger partial charge on any atom is -0.313 e. The average molecular weight is 255 g/mol. The molecule has 1 aromatic carbocycles. The van der Waals surface area contributed by atoms with Gasteiger partial charge in [-0.05, 0) is 19.2 Å². The fourth-order valence-electron chi connectivity index (χ4n) is 1.97. The zero-order chi connectivity index (χ0) is 12.4. The number of thiophene rings is 1. The topological polar surface area (TPSA) is 37.8 Å². The minimum absolute atomic E-state index is 0.690. The van der Waals surface area contributed by atoms with Gasteiger partial charge in [0.2, 0.25) is 0 Å². The summed E-state index contributed by atoms with van der Waals surface area (Å²) in [6.45, 7) is 0.690. The Morgan fingerprint density at radius 2 is 2.11 bits per heavy atom. The molecular formula is C14H13N3S. The highest BCUT2D eigenvalue weighted by molar-refractivity contribution is 7.17. The van der Waals surface area contributed by atoms with Gasteiger partial charge in [0.05, 0.1) is 12.2 Å². The number of fused-ring (bicyclic) bond motifs is 1. The van der Waals surface area contributed by atoms with Crippen molar-refractivity contribution in [1.82, 2.24) is 15.3 Å². The Balaban J connectivity index is 2.11. The summed E-state index contributed by atoms with van der Waals surface area (Å²) >= 11 is 1.75. The lowest BCUT2D eigenvalue weighted by molar-refractivity contribution is 0.759. The van der Waals surface area contributed by atoms with Crippen LogP contribution in [-0.2, 0) is 6.54 Å². The summed E-state index contributed by atoms with van der Waals surface area (Å²) in [6, 6.07) is 10.4. The molecule has 0 atom stereocenters. The molecule has 2 aromatic heterocycles. The van der Waals surface area contributed by atoms with Gasteiger partial charge in [0.15, 0.2) is 0 Å². The van der Waals surface area contributed by atoms with Crippen molar-refractivity contribution in [3.05, 3.63) is 47.7 Å². The first kappa shape index (κ1) is 11.3. The molecule has 90 valence electrons. The standard InChI is InChI=1S/C14H13N3S/c1-15-8-14-16-7-6-12(17-14)11-9-18-13-5-3-2-4-10(11)13/h2-7,9,15H,8H2,1H3. The van der Waals surface area contributed by atoms with Crippen molar-refractivity contribution < 1.29 is 0 Å². The molecule has 0 radical (unpaired) electrons. The van der Waals surface area contributed by atoms with Crippen LogP contribution < -0.4 is 5.32 Å². The predicted octanol–water partition coefficient (Wildman–Crippen LogP) is 3.08. The lowest BCUT2D eigenvalue weighted by Gasteiger charge is -2.02. The van der Waals surface area contributed by atoms with E-state index in [4.69, 9.17) is 0 Å². The van der Waals surface area contributed by atoms with Gasteiger partial charge >= 0.3 is 0 Å². The molecule has 0 spiro atoms. The van der Waals surface area contributed by atoms with Crippen LogP contribution in [0.2, 0.25) is 0 Å². The van der Waals surface area contributed by atoms with E-state index >= 15 is 0 Å². The molecule has 0 amide bonds. The van der Waals surface area contributed by atoms with E-state index in [-0.39, 0.29) is 0 Å². The van der Waals surface area contributed by atoms with Gasteiger partial charge in [-0.25, -0.2) is 9.97 Å². The second kappa shape index (κ2) is 4.84. The molecule has 2 heterocycles. The summed E-state index contributed by atoms with van der Waals surface area (Å²) in [5.41, 5.74) is 2.18. The van der Waals surface area contributed by atoms with Gasteiger partial charge in [-0.1, -0.05) is 18.2 Å². The van der Waals surface area contributed by atoms with Gasteiger partial charge in [0.1, 0.15) is 5.82 Å². The van der Waals surface area contributed by atoms with Crippen LogP contribution in [0.5, 0.6) is 0 Å². The third kappa shape index (κ3) is 2.00. The summed E-state index contributed by atoms with van der Waals surface area (Å²) in [4.78, 5) is 8.84. The Labute approximate surface area is 110 Å². The molecule has 1 N–H and O–H groups in total. The van der Waals surface area contributed by atoms with Crippen molar-refractivity contribution in [2.75, 3.05) is 7.05 Å². The molecule has 0 aliphatic rings. The van der Waals surface area contributed by atoms with Gasteiger partial charge in [-0.2, -0.15) is 0 Å². The zero-order valence-electron chi connectivity index (χ0n) is 10.1. The summed E-state index contributed by atoms with van der Waals surface area (Å²) < 4.78 is 1.29. The maximum atomic E-state index is 4.59. The van der Waals surface area contributed by atoms with Crippen LogP contribution in [0.25, 0.3) is 21.3 Å². The largest absolute Gasteiger partial charge is 0.313 e. The van der Waals surface area contributed by atoms with Crippen LogP contribution in [-0.4, -0.2) is 17.0 Å². The van der Waals surface area contributed by atoms with Crippen LogP contribution in [0, 0.1) is 0 Å². The van der Waals surface area contributed by atoms with E-state index in [1.807, 2.05) is 19.3 Å². The fourth-order valence-corrected chi connectivity index (χ4v) is 2.92. The molecule has 0 bridgehead atoms. The van der Waals surface area contributed by atoms with Gasteiger partial charge in [-0.15, -0.1) is 11.3 Å². The number of nitrogens with one attached hydrogen (secondary N) is 1. The third-order valence-corrected chi connectivity index (χ3v) is 3.76. The van der Waals surface area contributed by atoms with E-state index in [9.17, 15) is 0 Å². The van der Waals surface area contributed by atoms with E-state index in [1.54, 1.807) is 11.3 Å². The normalized spacial score (nSPS) is 10.9. The molecule has 3 nitrogen and oxygen atoms in total. The number of hydrogen-bond acceptors (Lipinski definition) is 4. The highest BCUT2D eigenvalue weighted by Gasteiger charge is 2.07. The van der Waals surface area contributed by atoms with E-state index in [1.165, 1.54) is 15.6 Å². The fraction of sp³-hybridized carbons (Fsp3) is 0.143. The SMILES string of the molecule is CNCc1nccc(-c2csc3ccccc23)n1. The van der Waals surface area contributed by atoms with Gasteiger partial charge in [0.25, 0.3) is 0 Å². The Morgan fingerprint density at radius 1 is 1.22 bits per heavy atom. The summed E-state index contributed by atoms with van der Waals surface area (Å²) in [5, 5.41) is 6.49. The lowest BCUT2D eigenvalue weighted by Crippen LogP contribution is -2.08. The second-order valence-corrected chi connectivity index (χ2v) is 4.95. The minimum atomic E-state index is 0.690. The third-order valence-electron chi connectivity index (χ3n) is 2.80. The molecule has 0 fully saturated rings. The van der Waals surface area contributed by atoms with Crippen molar-refractivity contribution in [3.63, 3.8) is 0 Å². The van der Waals surface area contributed by atoms with Crippen LogP contribution in [0.3, 0.4) is 0 Å². The Hall–Kier alpha value is -1.78. The summed E-state index contributed by atoms with van der Waals surface area (Å²) in [7, 11) is 1.90. The lowest BCUT2D eigenvalue weighted by atomic mass is 10.1. The first-order valence-electron chi connectivity index (χ1n) is 5.81. The number of aromatic nitrogens is 2. The summed E-state index contributed by atoms with van der Waals surface area (Å²) in [6.07, 6.45) is 1.82. The van der Waals surface area contributed by atoms with E-state index in [0.29, 0.717) is 6.54 Å². The molecule has 18 heavy (non-hydrogen) atoms. The van der Waals surface area contributed by atoms with Crippen LogP contribution in [0.1, 0.15) is 5.82 Å². The van der Waals surface area contributed by atoms with Gasteiger partial charge in [0, 0.05) is 27.2 Å². The highest BCUT2D eigenvalue weighted by atomic mass is 32.1. The smallest absolute Gasteiger partial charge is 0.142 e. The summed E-state index contributed by atoms with van der Waals surface area (Å²) in [5.74, 6) is 0.824. The Morgan fingerprint density at radius 3 is 3.00 bits per heavy atom. The predicted molar refractivity (Wildman–Crippen MR) is 75.6 cm³/mol. The Kier molecular flexibility index (Phi) is 3.04. The average Bonchev–Trinajstić information content (AvgIpc) is 2.83. The van der Waals surface area contributed by atoms with Crippen molar-refractivity contribution in [1.29, 1.82) is 0 Å². The monoisotopic (exact) mass is 255 g/mol. The molecule has 0 aliphatic heterocycles. The van der Waals surface area contributed by atoms with Crippen LogP contribution >= 0.6 is 11.3 Å². The van der Waals surface area contributed by atoms with E-state index in [0.717, 1.165) is 11.5 Å². The van der Waals surface area contributed by atoms with Gasteiger partial charge in [-0.3, -0.25) is 0 Å². The molecule has 0 saturated carbocycles. The molecule has 3 aromatic rings. The van der Waals surface area contributed by atoms with E-state index in [2.05, 4.69) is 44.9 Å². The molecular weight excluding hydrogens is 242 g/mol. The Bertz CT molecular complexity index is 675. The first-order chi connectivity index (χ1) is 8.88. The van der Waals surface area contributed by atoms with Crippen LogP contribution in [0.4, 0.5) is 0 Å². The van der Waals surface area contributed by atoms with Crippen LogP contribution in [0.15, 0.2) is 41.9 Å². The van der Waals surface area contributed by atoms with Crippen molar-refractivity contribution in [2.45, 2.75) is 6.54 Å². The number of rotatable bonds is 3. The molecule has 0 saturated heterocycles.